The first-order valence-electron chi connectivity index (χ1n) is 5.54. The van der Waals surface area contributed by atoms with Crippen LogP contribution in [0, 0.1) is 0 Å². The van der Waals surface area contributed by atoms with Crippen molar-refractivity contribution in [2.24, 2.45) is 0 Å². The SMILES string of the molecule is CSc1ccc(Nc2cc(C(F)(F)F)cc(Cl)n2)cc1. The predicted molar refractivity (Wildman–Crippen MR) is 75.8 cm³/mol. The third-order valence-corrected chi connectivity index (χ3v) is 3.42. The lowest BCUT2D eigenvalue weighted by Crippen LogP contribution is -2.06. The average molecular weight is 319 g/mol. The van der Waals surface area contributed by atoms with E-state index in [0.717, 1.165) is 17.0 Å². The van der Waals surface area contributed by atoms with Gasteiger partial charge in [0.1, 0.15) is 11.0 Å². The molecule has 0 spiro atoms. The normalized spacial score (nSPS) is 11.4. The van der Waals surface area contributed by atoms with Gasteiger partial charge in [0.15, 0.2) is 0 Å². The summed E-state index contributed by atoms with van der Waals surface area (Å²) in [4.78, 5) is 4.90. The van der Waals surface area contributed by atoms with E-state index in [1.165, 1.54) is 0 Å². The maximum absolute atomic E-state index is 12.7. The van der Waals surface area contributed by atoms with E-state index in [1.54, 1.807) is 23.9 Å². The van der Waals surface area contributed by atoms with Crippen molar-refractivity contribution in [2.45, 2.75) is 11.1 Å². The molecule has 0 unspecified atom stereocenters. The molecule has 0 aliphatic heterocycles. The lowest BCUT2D eigenvalue weighted by Gasteiger charge is -2.11. The minimum absolute atomic E-state index is 0.0572. The molecule has 0 radical (unpaired) electrons. The Morgan fingerprint density at radius 2 is 1.80 bits per heavy atom. The molecule has 0 bridgehead atoms. The van der Waals surface area contributed by atoms with Crippen LogP contribution < -0.4 is 5.32 Å². The quantitative estimate of drug-likeness (QED) is 0.620. The summed E-state index contributed by atoms with van der Waals surface area (Å²) < 4.78 is 38.0. The molecule has 0 fully saturated rings. The summed E-state index contributed by atoms with van der Waals surface area (Å²) in [5, 5.41) is 2.60. The minimum Gasteiger partial charge on any atom is -0.340 e. The van der Waals surface area contributed by atoms with E-state index in [2.05, 4.69) is 10.3 Å². The molecule has 20 heavy (non-hydrogen) atoms. The summed E-state index contributed by atoms with van der Waals surface area (Å²) in [6.07, 6.45) is -2.51. The Labute approximate surface area is 123 Å². The van der Waals surface area contributed by atoms with Crippen LogP contribution in [-0.2, 0) is 6.18 Å². The minimum atomic E-state index is -4.45. The zero-order valence-electron chi connectivity index (χ0n) is 10.3. The largest absolute Gasteiger partial charge is 0.416 e. The van der Waals surface area contributed by atoms with Crippen molar-refractivity contribution in [3.05, 3.63) is 47.1 Å². The number of rotatable bonds is 3. The number of anilines is 2. The van der Waals surface area contributed by atoms with Crippen molar-refractivity contribution in [3.63, 3.8) is 0 Å². The first-order valence-corrected chi connectivity index (χ1v) is 7.14. The molecule has 2 aromatic rings. The smallest absolute Gasteiger partial charge is 0.340 e. The molecule has 0 saturated carbocycles. The zero-order valence-corrected chi connectivity index (χ0v) is 11.9. The van der Waals surface area contributed by atoms with Crippen molar-refractivity contribution in [3.8, 4) is 0 Å². The van der Waals surface area contributed by atoms with Crippen molar-refractivity contribution in [1.82, 2.24) is 4.98 Å². The van der Waals surface area contributed by atoms with E-state index >= 15 is 0 Å². The Bertz CT molecular complexity index is 600. The van der Waals surface area contributed by atoms with Gasteiger partial charge in [0.2, 0.25) is 0 Å². The fourth-order valence-corrected chi connectivity index (χ4v) is 2.16. The van der Waals surface area contributed by atoms with Gasteiger partial charge >= 0.3 is 6.18 Å². The van der Waals surface area contributed by atoms with Crippen LogP contribution in [0.1, 0.15) is 5.56 Å². The van der Waals surface area contributed by atoms with Crippen molar-refractivity contribution in [2.75, 3.05) is 11.6 Å². The average Bonchev–Trinajstić information content (AvgIpc) is 2.38. The molecule has 1 aromatic heterocycles. The maximum atomic E-state index is 12.7. The van der Waals surface area contributed by atoms with Gasteiger partial charge in [-0.2, -0.15) is 13.2 Å². The van der Waals surface area contributed by atoms with Gasteiger partial charge in [-0.05, 0) is 42.7 Å². The summed E-state index contributed by atoms with van der Waals surface area (Å²) >= 11 is 7.19. The Morgan fingerprint density at radius 3 is 2.35 bits per heavy atom. The molecule has 0 aliphatic carbocycles. The van der Waals surface area contributed by atoms with Gasteiger partial charge < -0.3 is 5.32 Å². The Balaban J connectivity index is 2.26. The highest BCUT2D eigenvalue weighted by Gasteiger charge is 2.31. The molecule has 0 saturated heterocycles. The molecule has 1 heterocycles. The van der Waals surface area contributed by atoms with Gasteiger partial charge in [0.05, 0.1) is 5.56 Å². The highest BCUT2D eigenvalue weighted by molar-refractivity contribution is 7.98. The second kappa shape index (κ2) is 5.93. The van der Waals surface area contributed by atoms with Gasteiger partial charge in [-0.25, -0.2) is 4.98 Å². The van der Waals surface area contributed by atoms with Gasteiger partial charge in [0, 0.05) is 10.6 Å². The molecule has 2 nitrogen and oxygen atoms in total. The number of halogens is 4. The number of pyridine rings is 1. The summed E-state index contributed by atoms with van der Waals surface area (Å²) in [5.74, 6) is 0.0572. The van der Waals surface area contributed by atoms with Crippen LogP contribution in [-0.4, -0.2) is 11.2 Å². The standard InChI is InChI=1S/C13H10ClF3N2S/c1-20-10-4-2-9(3-5-10)18-12-7-8(13(15,16)17)6-11(14)19-12/h2-7H,1H3,(H,18,19). The summed E-state index contributed by atoms with van der Waals surface area (Å²) in [7, 11) is 0. The van der Waals surface area contributed by atoms with Crippen LogP contribution in [0.15, 0.2) is 41.3 Å². The number of nitrogens with one attached hydrogen (secondary N) is 1. The molecule has 1 aromatic carbocycles. The van der Waals surface area contributed by atoms with Gasteiger partial charge in [-0.3, -0.25) is 0 Å². The number of nitrogens with zero attached hydrogens (tertiary/aromatic N) is 1. The number of aromatic nitrogens is 1. The zero-order chi connectivity index (χ0) is 14.8. The Morgan fingerprint density at radius 1 is 1.15 bits per heavy atom. The van der Waals surface area contributed by atoms with Crippen LogP contribution in [0.5, 0.6) is 0 Å². The predicted octanol–water partition coefficient (Wildman–Crippen LogP) is 5.22. The van der Waals surface area contributed by atoms with Crippen molar-refractivity contribution >= 4 is 34.9 Å². The fraction of sp³-hybridized carbons (Fsp3) is 0.154. The number of hydrogen-bond acceptors (Lipinski definition) is 3. The molecular formula is C13H10ClF3N2S. The maximum Gasteiger partial charge on any atom is 0.416 e. The third-order valence-electron chi connectivity index (χ3n) is 2.48. The second-order valence-electron chi connectivity index (χ2n) is 3.92. The highest BCUT2D eigenvalue weighted by atomic mass is 35.5. The van der Waals surface area contributed by atoms with E-state index in [0.29, 0.717) is 5.69 Å². The first-order chi connectivity index (χ1) is 9.38. The van der Waals surface area contributed by atoms with E-state index in [4.69, 9.17) is 11.6 Å². The summed E-state index contributed by atoms with van der Waals surface area (Å²) in [6, 6.07) is 8.98. The molecule has 1 N–H and O–H groups in total. The summed E-state index contributed by atoms with van der Waals surface area (Å²) in [5.41, 5.74) is -0.188. The van der Waals surface area contributed by atoms with Crippen LogP contribution in [0.3, 0.4) is 0 Å². The molecule has 0 aliphatic rings. The first kappa shape index (κ1) is 15.0. The topological polar surface area (TPSA) is 24.9 Å². The second-order valence-corrected chi connectivity index (χ2v) is 5.18. The molecule has 0 atom stereocenters. The highest BCUT2D eigenvalue weighted by Crippen LogP contribution is 2.32. The number of benzene rings is 1. The van der Waals surface area contributed by atoms with Gasteiger partial charge in [-0.15, -0.1) is 11.8 Å². The summed E-state index contributed by atoms with van der Waals surface area (Å²) in [6.45, 7) is 0. The number of alkyl halides is 3. The van der Waals surface area contributed by atoms with Crippen LogP contribution in [0.2, 0.25) is 5.15 Å². The van der Waals surface area contributed by atoms with Crippen molar-refractivity contribution < 1.29 is 13.2 Å². The van der Waals surface area contributed by atoms with Crippen molar-refractivity contribution in [1.29, 1.82) is 0 Å². The van der Waals surface area contributed by atoms with Crippen LogP contribution in [0.4, 0.5) is 24.7 Å². The molecule has 2 rings (SSSR count). The van der Waals surface area contributed by atoms with Crippen LogP contribution >= 0.6 is 23.4 Å². The number of hydrogen-bond donors (Lipinski definition) is 1. The molecular weight excluding hydrogens is 309 g/mol. The monoisotopic (exact) mass is 318 g/mol. The van der Waals surface area contributed by atoms with E-state index < -0.39 is 11.7 Å². The Kier molecular flexibility index (Phi) is 4.45. The number of thioether (sulfide) groups is 1. The lowest BCUT2D eigenvalue weighted by molar-refractivity contribution is -0.137. The molecule has 0 amide bonds. The van der Waals surface area contributed by atoms with Crippen LogP contribution in [0.25, 0.3) is 0 Å². The Hall–Kier alpha value is -1.40. The van der Waals surface area contributed by atoms with E-state index in [1.807, 2.05) is 18.4 Å². The fourth-order valence-electron chi connectivity index (χ4n) is 1.55. The van der Waals surface area contributed by atoms with Gasteiger partial charge in [-0.1, -0.05) is 11.6 Å². The van der Waals surface area contributed by atoms with E-state index in [-0.39, 0.29) is 11.0 Å². The lowest BCUT2D eigenvalue weighted by atomic mass is 10.2. The molecule has 106 valence electrons. The third kappa shape index (κ3) is 3.80. The van der Waals surface area contributed by atoms with Gasteiger partial charge in [0.25, 0.3) is 0 Å². The molecule has 7 heteroatoms. The van der Waals surface area contributed by atoms with E-state index in [9.17, 15) is 13.2 Å².